The standard InChI is InChI=1S/C11H13F2I/c1-2-3-4-5-8-6-7-9(14)11(13)10(8)12/h6-7H,2-5H2,1H3. The van der Waals surface area contributed by atoms with Crippen LogP contribution in [-0.4, -0.2) is 0 Å². The second kappa shape index (κ2) is 5.63. The minimum atomic E-state index is -0.709. The zero-order chi connectivity index (χ0) is 10.6. The van der Waals surface area contributed by atoms with Crippen LogP contribution < -0.4 is 0 Å². The number of benzene rings is 1. The second-order valence-corrected chi connectivity index (χ2v) is 4.45. The van der Waals surface area contributed by atoms with Crippen LogP contribution in [0, 0.1) is 15.2 Å². The minimum Gasteiger partial charge on any atom is -0.203 e. The SMILES string of the molecule is CCCCCc1ccc(I)c(F)c1F. The van der Waals surface area contributed by atoms with E-state index in [2.05, 4.69) is 6.92 Å². The van der Waals surface area contributed by atoms with Crippen molar-refractivity contribution < 1.29 is 8.78 Å². The lowest BCUT2D eigenvalue weighted by Gasteiger charge is -2.04. The van der Waals surface area contributed by atoms with Gasteiger partial charge in [-0.15, -0.1) is 0 Å². The van der Waals surface area contributed by atoms with Crippen molar-refractivity contribution in [2.45, 2.75) is 32.6 Å². The Hall–Kier alpha value is -0.190. The van der Waals surface area contributed by atoms with Gasteiger partial charge in [0.1, 0.15) is 0 Å². The Labute approximate surface area is 96.8 Å². The fourth-order valence-corrected chi connectivity index (χ4v) is 1.74. The summed E-state index contributed by atoms with van der Waals surface area (Å²) < 4.78 is 26.8. The molecule has 0 aromatic heterocycles. The number of hydrogen-bond acceptors (Lipinski definition) is 0. The molecule has 0 spiro atoms. The fourth-order valence-electron chi connectivity index (χ4n) is 1.32. The van der Waals surface area contributed by atoms with Crippen molar-refractivity contribution in [2.75, 3.05) is 0 Å². The average Bonchev–Trinajstić information content (AvgIpc) is 2.18. The Kier molecular flexibility index (Phi) is 4.78. The second-order valence-electron chi connectivity index (χ2n) is 3.29. The highest BCUT2D eigenvalue weighted by Gasteiger charge is 2.10. The number of hydrogen-bond donors (Lipinski definition) is 0. The van der Waals surface area contributed by atoms with Crippen molar-refractivity contribution in [3.8, 4) is 0 Å². The summed E-state index contributed by atoms with van der Waals surface area (Å²) in [7, 11) is 0. The van der Waals surface area contributed by atoms with Gasteiger partial charge in [-0.1, -0.05) is 25.8 Å². The normalized spacial score (nSPS) is 10.6. The molecular formula is C11H13F2I. The summed E-state index contributed by atoms with van der Waals surface area (Å²) in [6.07, 6.45) is 3.71. The summed E-state index contributed by atoms with van der Waals surface area (Å²) in [6, 6.07) is 3.30. The predicted octanol–water partition coefficient (Wildman–Crippen LogP) is 4.30. The first-order valence-corrected chi connectivity index (χ1v) is 5.87. The summed E-state index contributed by atoms with van der Waals surface area (Å²) in [5, 5.41) is 0. The molecule has 1 aromatic carbocycles. The quantitative estimate of drug-likeness (QED) is 0.442. The molecule has 0 unspecified atom stereocenters. The van der Waals surface area contributed by atoms with E-state index in [0.29, 0.717) is 15.6 Å². The van der Waals surface area contributed by atoms with Crippen LogP contribution in [-0.2, 0) is 6.42 Å². The Morgan fingerprint density at radius 3 is 2.50 bits per heavy atom. The molecule has 0 nitrogen and oxygen atoms in total. The van der Waals surface area contributed by atoms with Crippen LogP contribution in [0.3, 0.4) is 0 Å². The summed E-state index contributed by atoms with van der Waals surface area (Å²) in [5.74, 6) is -1.38. The lowest BCUT2D eigenvalue weighted by Crippen LogP contribution is -1.97. The van der Waals surface area contributed by atoms with Gasteiger partial charge >= 0.3 is 0 Å². The van der Waals surface area contributed by atoms with Gasteiger partial charge in [0.05, 0.1) is 3.57 Å². The van der Waals surface area contributed by atoms with Crippen molar-refractivity contribution in [3.05, 3.63) is 32.9 Å². The van der Waals surface area contributed by atoms with Gasteiger partial charge in [-0.3, -0.25) is 0 Å². The van der Waals surface area contributed by atoms with Crippen LogP contribution in [0.15, 0.2) is 12.1 Å². The molecule has 0 N–H and O–H groups in total. The third-order valence-electron chi connectivity index (χ3n) is 2.16. The molecule has 0 bridgehead atoms. The van der Waals surface area contributed by atoms with E-state index in [-0.39, 0.29) is 0 Å². The Bertz CT molecular complexity index is 310. The van der Waals surface area contributed by atoms with Crippen molar-refractivity contribution in [2.24, 2.45) is 0 Å². The molecular weight excluding hydrogens is 297 g/mol. The lowest BCUT2D eigenvalue weighted by atomic mass is 10.1. The first-order valence-electron chi connectivity index (χ1n) is 4.79. The highest BCUT2D eigenvalue weighted by Crippen LogP contribution is 2.19. The van der Waals surface area contributed by atoms with Gasteiger partial charge in [-0.25, -0.2) is 8.78 Å². The maximum absolute atomic E-state index is 13.3. The summed E-state index contributed by atoms with van der Waals surface area (Å²) in [6.45, 7) is 2.09. The molecule has 0 atom stereocenters. The number of halogens is 3. The molecule has 0 aliphatic heterocycles. The van der Waals surface area contributed by atoms with Gasteiger partial charge in [-0.05, 0) is 47.1 Å². The van der Waals surface area contributed by atoms with E-state index >= 15 is 0 Å². The predicted molar refractivity (Wildman–Crippen MR) is 62.3 cm³/mol. The molecule has 0 saturated heterocycles. The number of aryl methyl sites for hydroxylation is 1. The Morgan fingerprint density at radius 1 is 1.14 bits per heavy atom. The molecule has 0 aliphatic rings. The van der Waals surface area contributed by atoms with E-state index in [1.165, 1.54) is 0 Å². The maximum atomic E-state index is 13.3. The molecule has 0 heterocycles. The van der Waals surface area contributed by atoms with Crippen LogP contribution in [0.25, 0.3) is 0 Å². The summed E-state index contributed by atoms with van der Waals surface area (Å²) in [4.78, 5) is 0. The van der Waals surface area contributed by atoms with Crippen LogP contribution in [0.2, 0.25) is 0 Å². The molecule has 0 aliphatic carbocycles. The van der Waals surface area contributed by atoms with Crippen LogP contribution in [0.5, 0.6) is 0 Å². The van der Waals surface area contributed by atoms with Crippen molar-refractivity contribution in [3.63, 3.8) is 0 Å². The molecule has 0 saturated carbocycles. The first kappa shape index (κ1) is 11.9. The van der Waals surface area contributed by atoms with Crippen molar-refractivity contribution in [1.29, 1.82) is 0 Å². The molecule has 3 heteroatoms. The highest BCUT2D eigenvalue weighted by atomic mass is 127. The van der Waals surface area contributed by atoms with Crippen LogP contribution >= 0.6 is 22.6 Å². The van der Waals surface area contributed by atoms with Gasteiger partial charge in [0.2, 0.25) is 0 Å². The highest BCUT2D eigenvalue weighted by molar-refractivity contribution is 14.1. The third kappa shape index (κ3) is 2.90. The Balaban J connectivity index is 2.73. The van der Waals surface area contributed by atoms with Gasteiger partial charge in [0.15, 0.2) is 11.6 Å². The monoisotopic (exact) mass is 310 g/mol. The number of rotatable bonds is 4. The Morgan fingerprint density at radius 2 is 1.86 bits per heavy atom. The molecule has 1 rings (SSSR count). The molecule has 78 valence electrons. The van der Waals surface area contributed by atoms with E-state index in [1.807, 2.05) is 0 Å². The first-order chi connectivity index (χ1) is 6.66. The third-order valence-corrected chi connectivity index (χ3v) is 3.00. The smallest absolute Gasteiger partial charge is 0.172 e. The molecule has 1 aromatic rings. The van der Waals surface area contributed by atoms with E-state index < -0.39 is 11.6 Å². The largest absolute Gasteiger partial charge is 0.203 e. The van der Waals surface area contributed by atoms with Crippen molar-refractivity contribution >= 4 is 22.6 Å². The van der Waals surface area contributed by atoms with E-state index in [0.717, 1.165) is 19.3 Å². The summed E-state index contributed by atoms with van der Waals surface area (Å²) >= 11 is 1.80. The summed E-state index contributed by atoms with van der Waals surface area (Å²) in [5.41, 5.74) is 0.497. The number of unbranched alkanes of at least 4 members (excludes halogenated alkanes) is 2. The molecule has 14 heavy (non-hydrogen) atoms. The molecule has 0 fully saturated rings. The van der Waals surface area contributed by atoms with Gasteiger partial charge in [0, 0.05) is 0 Å². The van der Waals surface area contributed by atoms with Gasteiger partial charge in [0.25, 0.3) is 0 Å². The zero-order valence-corrected chi connectivity index (χ0v) is 10.3. The maximum Gasteiger partial charge on any atom is 0.172 e. The minimum absolute atomic E-state index is 0.347. The van der Waals surface area contributed by atoms with E-state index in [9.17, 15) is 8.78 Å². The average molecular weight is 310 g/mol. The van der Waals surface area contributed by atoms with Crippen LogP contribution in [0.1, 0.15) is 31.7 Å². The van der Waals surface area contributed by atoms with E-state index in [1.54, 1.807) is 34.7 Å². The topological polar surface area (TPSA) is 0 Å². The lowest BCUT2D eigenvalue weighted by molar-refractivity contribution is 0.491. The molecule has 0 amide bonds. The van der Waals surface area contributed by atoms with E-state index in [4.69, 9.17) is 0 Å². The molecule has 0 radical (unpaired) electrons. The van der Waals surface area contributed by atoms with Gasteiger partial charge in [-0.2, -0.15) is 0 Å². The zero-order valence-electron chi connectivity index (χ0n) is 8.12. The van der Waals surface area contributed by atoms with Gasteiger partial charge < -0.3 is 0 Å². The van der Waals surface area contributed by atoms with Crippen molar-refractivity contribution in [1.82, 2.24) is 0 Å². The van der Waals surface area contributed by atoms with Crippen LogP contribution in [0.4, 0.5) is 8.78 Å². The fraction of sp³-hybridized carbons (Fsp3) is 0.455.